The molecule has 2 N–H and O–H groups in total. The number of hydrogen-bond donors (Lipinski definition) is 2. The Kier molecular flexibility index (Phi) is 4.17. The molecule has 1 aliphatic rings. The molecule has 26 heavy (non-hydrogen) atoms. The van der Waals surface area contributed by atoms with Gasteiger partial charge in [0.05, 0.1) is 11.3 Å². The second kappa shape index (κ2) is 6.64. The summed E-state index contributed by atoms with van der Waals surface area (Å²) in [6.07, 6.45) is 6.77. The molecule has 0 atom stereocenters. The SMILES string of the molecule is Cc1ccc(C)c(C=Cc2cc(-c3cc4c([nH]3)CCNC4=O)ccn2)c1. The van der Waals surface area contributed by atoms with E-state index < -0.39 is 0 Å². The lowest BCUT2D eigenvalue weighted by molar-refractivity contribution is 0.0946. The van der Waals surface area contributed by atoms with Gasteiger partial charge in [0, 0.05) is 36.1 Å². The van der Waals surface area contributed by atoms with Crippen molar-refractivity contribution in [3.05, 3.63) is 76.2 Å². The van der Waals surface area contributed by atoms with Gasteiger partial charge in [-0.3, -0.25) is 9.78 Å². The van der Waals surface area contributed by atoms with Gasteiger partial charge in [0.1, 0.15) is 0 Å². The van der Waals surface area contributed by atoms with Crippen molar-refractivity contribution in [1.82, 2.24) is 15.3 Å². The molecule has 4 nitrogen and oxygen atoms in total. The zero-order chi connectivity index (χ0) is 18.1. The fourth-order valence-electron chi connectivity index (χ4n) is 3.27. The van der Waals surface area contributed by atoms with Gasteiger partial charge in [-0.1, -0.05) is 29.8 Å². The van der Waals surface area contributed by atoms with Crippen molar-refractivity contribution in [2.45, 2.75) is 20.3 Å². The summed E-state index contributed by atoms with van der Waals surface area (Å²) in [5.74, 6) is -0.00199. The van der Waals surface area contributed by atoms with Gasteiger partial charge in [-0.15, -0.1) is 0 Å². The maximum absolute atomic E-state index is 12.0. The number of hydrogen-bond acceptors (Lipinski definition) is 2. The Hall–Kier alpha value is -3.14. The Balaban J connectivity index is 1.64. The third kappa shape index (κ3) is 3.18. The molecule has 4 rings (SSSR count). The van der Waals surface area contributed by atoms with E-state index in [1.165, 1.54) is 16.7 Å². The molecule has 3 heterocycles. The van der Waals surface area contributed by atoms with Crippen LogP contribution in [0.15, 0.2) is 42.6 Å². The molecule has 0 radical (unpaired) electrons. The summed E-state index contributed by atoms with van der Waals surface area (Å²) in [4.78, 5) is 19.8. The number of rotatable bonds is 3. The van der Waals surface area contributed by atoms with Gasteiger partial charge in [0.15, 0.2) is 0 Å². The van der Waals surface area contributed by atoms with Crippen LogP contribution in [-0.2, 0) is 6.42 Å². The number of aromatic amines is 1. The number of aromatic nitrogens is 2. The minimum atomic E-state index is -0.00199. The summed E-state index contributed by atoms with van der Waals surface area (Å²) in [6, 6.07) is 12.4. The average Bonchev–Trinajstić information content (AvgIpc) is 3.09. The first-order valence-electron chi connectivity index (χ1n) is 8.82. The molecular weight excluding hydrogens is 322 g/mol. The van der Waals surface area contributed by atoms with E-state index in [1.54, 1.807) is 6.20 Å². The standard InChI is InChI=1S/C22H21N3O/c1-14-3-4-15(2)16(11-14)5-6-18-12-17(7-9-23-18)21-13-19-20(25-21)8-10-24-22(19)26/h3-7,9,11-13,25H,8,10H2,1-2H3,(H,24,26). The molecule has 130 valence electrons. The average molecular weight is 343 g/mol. The Bertz CT molecular complexity index is 1010. The Morgan fingerprint density at radius 3 is 2.81 bits per heavy atom. The first-order valence-corrected chi connectivity index (χ1v) is 8.82. The van der Waals surface area contributed by atoms with Crippen LogP contribution in [0.3, 0.4) is 0 Å². The number of benzene rings is 1. The van der Waals surface area contributed by atoms with Crippen LogP contribution in [0.5, 0.6) is 0 Å². The van der Waals surface area contributed by atoms with Gasteiger partial charge in [-0.25, -0.2) is 0 Å². The summed E-state index contributed by atoms with van der Waals surface area (Å²) < 4.78 is 0. The first-order chi connectivity index (χ1) is 12.6. The zero-order valence-electron chi connectivity index (χ0n) is 15.0. The number of fused-ring (bicyclic) bond motifs is 1. The van der Waals surface area contributed by atoms with Crippen molar-refractivity contribution in [3.8, 4) is 11.3 Å². The topological polar surface area (TPSA) is 57.8 Å². The van der Waals surface area contributed by atoms with Crippen molar-refractivity contribution in [3.63, 3.8) is 0 Å². The van der Waals surface area contributed by atoms with E-state index in [1.807, 2.05) is 24.3 Å². The maximum Gasteiger partial charge on any atom is 0.253 e. The van der Waals surface area contributed by atoms with Gasteiger partial charge < -0.3 is 10.3 Å². The summed E-state index contributed by atoms with van der Waals surface area (Å²) >= 11 is 0. The van der Waals surface area contributed by atoms with Crippen LogP contribution in [0.2, 0.25) is 0 Å². The smallest absolute Gasteiger partial charge is 0.253 e. The summed E-state index contributed by atoms with van der Waals surface area (Å²) in [7, 11) is 0. The highest BCUT2D eigenvalue weighted by Gasteiger charge is 2.19. The fraction of sp³-hybridized carbons (Fsp3) is 0.182. The van der Waals surface area contributed by atoms with Crippen LogP contribution >= 0.6 is 0 Å². The predicted octanol–water partition coefficient (Wildman–Crippen LogP) is 4.15. The lowest BCUT2D eigenvalue weighted by atomic mass is 10.0. The number of carbonyl (C=O) groups excluding carboxylic acids is 1. The Labute approximate surface area is 153 Å². The number of amides is 1. The lowest BCUT2D eigenvalue weighted by Gasteiger charge is -2.10. The molecule has 0 saturated carbocycles. The second-order valence-electron chi connectivity index (χ2n) is 6.74. The lowest BCUT2D eigenvalue weighted by Crippen LogP contribution is -2.31. The van der Waals surface area contributed by atoms with E-state index in [-0.39, 0.29) is 5.91 Å². The van der Waals surface area contributed by atoms with E-state index in [0.717, 1.165) is 34.6 Å². The molecule has 0 fully saturated rings. The number of nitrogens with one attached hydrogen (secondary N) is 2. The molecule has 1 aromatic carbocycles. The van der Waals surface area contributed by atoms with Gasteiger partial charge in [0.2, 0.25) is 0 Å². The molecule has 2 aromatic heterocycles. The molecule has 0 unspecified atom stereocenters. The third-order valence-corrected chi connectivity index (χ3v) is 4.77. The number of nitrogens with zero attached hydrogens (tertiary/aromatic N) is 1. The molecule has 4 heteroatoms. The highest BCUT2D eigenvalue weighted by atomic mass is 16.1. The molecule has 0 aliphatic carbocycles. The molecule has 0 saturated heterocycles. The van der Waals surface area contributed by atoms with E-state index in [9.17, 15) is 4.79 Å². The fourth-order valence-corrected chi connectivity index (χ4v) is 3.27. The minimum Gasteiger partial charge on any atom is -0.358 e. The molecule has 3 aromatic rings. The van der Waals surface area contributed by atoms with Crippen LogP contribution in [0, 0.1) is 13.8 Å². The van der Waals surface area contributed by atoms with Crippen LogP contribution in [-0.4, -0.2) is 22.4 Å². The van der Waals surface area contributed by atoms with Crippen molar-refractivity contribution in [2.24, 2.45) is 0 Å². The van der Waals surface area contributed by atoms with Gasteiger partial charge in [0.25, 0.3) is 5.91 Å². The molecule has 1 aliphatic heterocycles. The van der Waals surface area contributed by atoms with E-state index in [4.69, 9.17) is 0 Å². The Morgan fingerprint density at radius 2 is 1.96 bits per heavy atom. The molecular formula is C22H21N3O. The molecule has 0 spiro atoms. The van der Waals surface area contributed by atoms with Crippen LogP contribution < -0.4 is 5.32 Å². The number of aryl methyl sites for hydroxylation is 2. The van der Waals surface area contributed by atoms with Crippen molar-refractivity contribution < 1.29 is 4.79 Å². The van der Waals surface area contributed by atoms with Crippen molar-refractivity contribution in [1.29, 1.82) is 0 Å². The third-order valence-electron chi connectivity index (χ3n) is 4.77. The van der Waals surface area contributed by atoms with Gasteiger partial charge in [-0.2, -0.15) is 0 Å². The Morgan fingerprint density at radius 1 is 1.08 bits per heavy atom. The van der Waals surface area contributed by atoms with E-state index in [2.05, 4.69) is 53.4 Å². The summed E-state index contributed by atoms with van der Waals surface area (Å²) in [6.45, 7) is 4.89. The van der Waals surface area contributed by atoms with Crippen molar-refractivity contribution in [2.75, 3.05) is 6.54 Å². The first kappa shape index (κ1) is 16.3. The monoisotopic (exact) mass is 343 g/mol. The normalized spacial score (nSPS) is 13.7. The minimum absolute atomic E-state index is 0.00199. The number of carbonyl (C=O) groups is 1. The largest absolute Gasteiger partial charge is 0.358 e. The van der Waals surface area contributed by atoms with Gasteiger partial charge in [-0.05, 0) is 49.2 Å². The highest BCUT2D eigenvalue weighted by molar-refractivity contribution is 5.97. The molecule has 1 amide bonds. The number of H-pyrrole nitrogens is 1. The van der Waals surface area contributed by atoms with Crippen LogP contribution in [0.1, 0.15) is 38.4 Å². The summed E-state index contributed by atoms with van der Waals surface area (Å²) in [5.41, 5.74) is 8.31. The van der Waals surface area contributed by atoms with E-state index >= 15 is 0 Å². The number of pyridine rings is 1. The van der Waals surface area contributed by atoms with Crippen LogP contribution in [0.25, 0.3) is 23.4 Å². The van der Waals surface area contributed by atoms with Gasteiger partial charge >= 0.3 is 0 Å². The predicted molar refractivity (Wildman–Crippen MR) is 105 cm³/mol. The maximum atomic E-state index is 12.0. The highest BCUT2D eigenvalue weighted by Crippen LogP contribution is 2.24. The summed E-state index contributed by atoms with van der Waals surface area (Å²) in [5, 5.41) is 2.88. The zero-order valence-corrected chi connectivity index (χ0v) is 15.0. The second-order valence-corrected chi connectivity index (χ2v) is 6.74. The molecule has 0 bridgehead atoms. The van der Waals surface area contributed by atoms with Crippen LogP contribution in [0.4, 0.5) is 0 Å². The van der Waals surface area contributed by atoms with Crippen molar-refractivity contribution >= 4 is 18.1 Å². The van der Waals surface area contributed by atoms with E-state index in [0.29, 0.717) is 6.54 Å². The quantitative estimate of drug-likeness (QED) is 0.750.